The molecule has 103 heavy (non-hydrogen) atoms. The molecule has 0 heterocycles. The second kappa shape index (κ2) is 75.5. The Bertz CT molecular complexity index is 1980. The van der Waals surface area contributed by atoms with Gasteiger partial charge in [-0.1, -0.05) is 395 Å². The first-order valence-electron chi connectivity index (χ1n) is 43.5. The average molecular weight is 1510 g/mol. The molecule has 0 saturated carbocycles. The molecular formula is C84H164O17P2. The highest BCUT2D eigenvalue weighted by Crippen LogP contribution is 2.45. The van der Waals surface area contributed by atoms with Crippen molar-refractivity contribution in [2.24, 2.45) is 11.8 Å². The van der Waals surface area contributed by atoms with Crippen LogP contribution >= 0.6 is 15.6 Å². The first-order valence-corrected chi connectivity index (χ1v) is 46.5. The summed E-state index contributed by atoms with van der Waals surface area (Å²) in [6.45, 7) is 9.68. The molecule has 0 aromatic carbocycles. The number of esters is 4. The monoisotopic (exact) mass is 1510 g/mol. The van der Waals surface area contributed by atoms with Gasteiger partial charge < -0.3 is 33.8 Å². The van der Waals surface area contributed by atoms with E-state index < -0.39 is 97.5 Å². The number of carbonyl (C=O) groups excluding carboxylic acids is 4. The molecule has 0 bridgehead atoms. The Balaban J connectivity index is 5.26. The normalized spacial score (nSPS) is 14.1. The standard InChI is InChI=1S/C84H164O17P2/c1-7-10-12-14-16-18-20-22-24-25-26-27-28-30-34-39-43-51-57-63-69-83(88)100-79(72-94-81(86)66-60-54-48-41-37-35-31-32-36-40-46-52-58-64-76(4)5)74-98-102(90,91)96-70-78(85)71-97-103(92,93)99-75-80(73-95-82(87)67-61-55-49-45-44-47-53-59-65-77(6)9-3)101-84(89)68-62-56-50-42-38-33-29-23-21-19-17-15-13-11-8-2/h76-80,85H,7-75H2,1-6H3,(H,90,91)(H,92,93)/t77?,78-,79-,80-/m1/s1. The number of ether oxygens (including phenoxy) is 4. The maximum atomic E-state index is 13.1. The van der Waals surface area contributed by atoms with Crippen LogP contribution in [-0.2, 0) is 65.4 Å². The van der Waals surface area contributed by atoms with E-state index in [-0.39, 0.29) is 25.7 Å². The summed E-state index contributed by atoms with van der Waals surface area (Å²) in [6, 6.07) is 0. The maximum absolute atomic E-state index is 13.1. The van der Waals surface area contributed by atoms with Crippen LogP contribution in [-0.4, -0.2) is 96.7 Å². The molecule has 612 valence electrons. The first kappa shape index (κ1) is 101. The lowest BCUT2D eigenvalue weighted by atomic mass is 9.99. The molecule has 17 nitrogen and oxygen atoms in total. The van der Waals surface area contributed by atoms with E-state index in [9.17, 15) is 43.2 Å². The van der Waals surface area contributed by atoms with Crippen molar-refractivity contribution in [3.63, 3.8) is 0 Å². The van der Waals surface area contributed by atoms with Crippen LogP contribution in [0.15, 0.2) is 0 Å². The second-order valence-electron chi connectivity index (χ2n) is 30.9. The minimum absolute atomic E-state index is 0.108. The molecule has 0 aromatic rings. The zero-order valence-electron chi connectivity index (χ0n) is 67.6. The predicted octanol–water partition coefficient (Wildman–Crippen LogP) is 25.5. The second-order valence-corrected chi connectivity index (χ2v) is 33.8. The number of hydrogen-bond donors (Lipinski definition) is 3. The highest BCUT2D eigenvalue weighted by molar-refractivity contribution is 7.47. The molecule has 0 fully saturated rings. The molecule has 0 spiro atoms. The van der Waals surface area contributed by atoms with E-state index in [1.165, 1.54) is 263 Å². The van der Waals surface area contributed by atoms with Gasteiger partial charge in [-0.25, -0.2) is 9.13 Å². The summed E-state index contributed by atoms with van der Waals surface area (Å²) in [6.07, 6.45) is 66.5. The van der Waals surface area contributed by atoms with Crippen molar-refractivity contribution in [1.29, 1.82) is 0 Å². The Morgan fingerprint density at radius 2 is 0.495 bits per heavy atom. The van der Waals surface area contributed by atoms with Crippen LogP contribution in [0.5, 0.6) is 0 Å². The molecule has 19 heteroatoms. The third-order valence-corrected chi connectivity index (χ3v) is 22.0. The van der Waals surface area contributed by atoms with Gasteiger partial charge in [-0.15, -0.1) is 0 Å². The predicted molar refractivity (Wildman–Crippen MR) is 423 cm³/mol. The first-order chi connectivity index (χ1) is 49.9. The summed E-state index contributed by atoms with van der Waals surface area (Å²) in [5.41, 5.74) is 0. The van der Waals surface area contributed by atoms with Crippen molar-refractivity contribution in [3.8, 4) is 0 Å². The maximum Gasteiger partial charge on any atom is 0.472 e. The van der Waals surface area contributed by atoms with E-state index in [2.05, 4.69) is 41.5 Å². The quantitative estimate of drug-likeness (QED) is 0.0222. The Labute approximate surface area is 632 Å². The van der Waals surface area contributed by atoms with Gasteiger partial charge in [0.05, 0.1) is 26.4 Å². The number of aliphatic hydroxyl groups excluding tert-OH is 1. The van der Waals surface area contributed by atoms with Gasteiger partial charge in [0.1, 0.15) is 19.3 Å². The summed E-state index contributed by atoms with van der Waals surface area (Å²) in [5, 5.41) is 10.7. The molecule has 0 aliphatic carbocycles. The lowest BCUT2D eigenvalue weighted by Gasteiger charge is -2.21. The van der Waals surface area contributed by atoms with Gasteiger partial charge in [0.25, 0.3) is 0 Å². The van der Waals surface area contributed by atoms with Crippen molar-refractivity contribution >= 4 is 39.5 Å². The Morgan fingerprint density at radius 3 is 0.738 bits per heavy atom. The van der Waals surface area contributed by atoms with Crippen molar-refractivity contribution in [1.82, 2.24) is 0 Å². The van der Waals surface area contributed by atoms with E-state index in [0.717, 1.165) is 102 Å². The number of hydrogen-bond acceptors (Lipinski definition) is 15. The van der Waals surface area contributed by atoms with Gasteiger partial charge in [0, 0.05) is 25.7 Å². The zero-order chi connectivity index (χ0) is 75.6. The molecule has 0 aliphatic rings. The van der Waals surface area contributed by atoms with Gasteiger partial charge in [-0.3, -0.25) is 37.3 Å². The zero-order valence-corrected chi connectivity index (χ0v) is 69.4. The fourth-order valence-corrected chi connectivity index (χ4v) is 14.6. The van der Waals surface area contributed by atoms with Crippen LogP contribution in [0.1, 0.15) is 446 Å². The summed E-state index contributed by atoms with van der Waals surface area (Å²) in [7, 11) is -9.93. The van der Waals surface area contributed by atoms with Gasteiger partial charge in [0.15, 0.2) is 12.2 Å². The third-order valence-electron chi connectivity index (χ3n) is 20.1. The van der Waals surface area contributed by atoms with Crippen molar-refractivity contribution in [3.05, 3.63) is 0 Å². The number of rotatable bonds is 83. The Kier molecular flexibility index (Phi) is 74.1. The molecule has 6 atom stereocenters. The van der Waals surface area contributed by atoms with Crippen molar-refractivity contribution in [2.75, 3.05) is 39.6 Å². The molecule has 0 saturated heterocycles. The minimum Gasteiger partial charge on any atom is -0.462 e. The highest BCUT2D eigenvalue weighted by Gasteiger charge is 2.30. The topological polar surface area (TPSA) is 237 Å². The number of phosphoric ester groups is 2. The molecule has 0 radical (unpaired) electrons. The van der Waals surface area contributed by atoms with Crippen molar-refractivity contribution in [2.45, 2.75) is 464 Å². The number of unbranched alkanes of at least 4 members (excludes halogenated alkanes) is 52. The summed E-state index contributed by atoms with van der Waals surface area (Å²) in [4.78, 5) is 73.2. The largest absolute Gasteiger partial charge is 0.472 e. The van der Waals surface area contributed by atoms with Gasteiger partial charge in [-0.2, -0.15) is 0 Å². The van der Waals surface area contributed by atoms with Crippen molar-refractivity contribution < 1.29 is 80.2 Å². The van der Waals surface area contributed by atoms with Gasteiger partial charge in [-0.05, 0) is 37.5 Å². The number of carbonyl (C=O) groups is 4. The Morgan fingerprint density at radius 1 is 0.282 bits per heavy atom. The molecule has 0 aromatic heterocycles. The van der Waals surface area contributed by atoms with Crippen LogP contribution in [0.2, 0.25) is 0 Å². The van der Waals surface area contributed by atoms with E-state index in [4.69, 9.17) is 37.0 Å². The number of phosphoric acid groups is 2. The van der Waals surface area contributed by atoms with Crippen LogP contribution in [0.4, 0.5) is 0 Å². The SMILES string of the molecule is CCCCCCCCCCCCCCCCCCCCCCC(=O)O[C@H](COC(=O)CCCCCCCCCCCCCCCC(C)C)COP(=O)(O)OC[C@@H](O)COP(=O)(O)OC[C@@H](COC(=O)CCCCCCCCCCC(C)CC)OC(=O)CCCCCCCCCCCCCCCCC. The smallest absolute Gasteiger partial charge is 0.462 e. The van der Waals surface area contributed by atoms with E-state index in [1.54, 1.807) is 0 Å². The molecule has 0 aliphatic heterocycles. The average Bonchev–Trinajstić information content (AvgIpc) is 0.909. The highest BCUT2D eigenvalue weighted by atomic mass is 31.2. The van der Waals surface area contributed by atoms with Gasteiger partial charge >= 0.3 is 39.5 Å². The van der Waals surface area contributed by atoms with E-state index >= 15 is 0 Å². The van der Waals surface area contributed by atoms with E-state index in [1.807, 2.05) is 0 Å². The van der Waals surface area contributed by atoms with Crippen LogP contribution in [0.3, 0.4) is 0 Å². The lowest BCUT2D eigenvalue weighted by Crippen LogP contribution is -2.30. The molecular weight excluding hydrogens is 1340 g/mol. The summed E-state index contributed by atoms with van der Waals surface area (Å²) in [5.74, 6) is -0.535. The Hall–Kier alpha value is -1.94. The fraction of sp³-hybridized carbons (Fsp3) is 0.952. The van der Waals surface area contributed by atoms with E-state index in [0.29, 0.717) is 25.7 Å². The minimum atomic E-state index is -4.96. The van der Waals surface area contributed by atoms with Crippen LogP contribution in [0.25, 0.3) is 0 Å². The summed E-state index contributed by atoms with van der Waals surface area (Å²) < 4.78 is 68.9. The third kappa shape index (κ3) is 76.6. The molecule has 0 amide bonds. The molecule has 3 N–H and O–H groups in total. The van der Waals surface area contributed by atoms with Crippen LogP contribution in [0, 0.1) is 11.8 Å². The summed E-state index contributed by atoms with van der Waals surface area (Å²) >= 11 is 0. The molecule has 0 rings (SSSR count). The van der Waals surface area contributed by atoms with Gasteiger partial charge in [0.2, 0.25) is 0 Å². The lowest BCUT2D eigenvalue weighted by molar-refractivity contribution is -0.161. The fourth-order valence-electron chi connectivity index (χ4n) is 13.0. The molecule has 3 unspecified atom stereocenters. The van der Waals surface area contributed by atoms with Crippen LogP contribution < -0.4 is 0 Å². The number of aliphatic hydroxyl groups is 1.